The summed E-state index contributed by atoms with van der Waals surface area (Å²) < 4.78 is 1.70. The second-order valence-corrected chi connectivity index (χ2v) is 5.88. The van der Waals surface area contributed by atoms with Gasteiger partial charge < -0.3 is 10.4 Å². The lowest BCUT2D eigenvalue weighted by Crippen LogP contribution is -2.53. The summed E-state index contributed by atoms with van der Waals surface area (Å²) in [5, 5.41) is 17.8. The van der Waals surface area contributed by atoms with Crippen LogP contribution in [-0.2, 0) is 7.05 Å². The highest BCUT2D eigenvalue weighted by atomic mass is 16.3. The van der Waals surface area contributed by atoms with Crippen LogP contribution in [0.1, 0.15) is 35.8 Å². The average molecular weight is 274 g/mol. The van der Waals surface area contributed by atoms with Crippen molar-refractivity contribution in [2.24, 2.45) is 7.05 Å². The van der Waals surface area contributed by atoms with E-state index in [1.165, 1.54) is 0 Å². The fraction of sp³-hybridized carbons (Fsp3) is 0.500. The maximum absolute atomic E-state index is 12.2. The molecule has 2 aromatic heterocycles. The number of carbonyl (C=O) groups is 1. The number of carbonyl (C=O) groups excluding carboxylic acids is 1. The highest BCUT2D eigenvalue weighted by Gasteiger charge is 2.39. The van der Waals surface area contributed by atoms with Gasteiger partial charge in [-0.15, -0.1) is 0 Å². The molecule has 0 bridgehead atoms. The number of pyridine rings is 1. The van der Waals surface area contributed by atoms with Crippen LogP contribution in [0.15, 0.2) is 12.3 Å². The zero-order valence-electron chi connectivity index (χ0n) is 11.8. The normalized spacial score (nSPS) is 25.5. The fourth-order valence-electron chi connectivity index (χ4n) is 2.80. The van der Waals surface area contributed by atoms with Crippen molar-refractivity contribution in [3.8, 4) is 0 Å². The standard InChI is InChI=1S/C14H18N4O2/c1-8-11-4-9(7-15-12(11)18(3)17-8)13(19)16-10-5-14(2,20)6-10/h4,7,10,20H,5-6H2,1-3H3,(H,16,19). The number of fused-ring (bicyclic) bond motifs is 1. The molecule has 3 rings (SSSR count). The molecule has 1 aliphatic carbocycles. The van der Waals surface area contributed by atoms with Crippen molar-refractivity contribution in [2.75, 3.05) is 0 Å². The van der Waals surface area contributed by atoms with Crippen molar-refractivity contribution in [3.05, 3.63) is 23.5 Å². The number of aryl methyl sites for hydroxylation is 2. The molecule has 0 aliphatic heterocycles. The molecule has 1 saturated carbocycles. The van der Waals surface area contributed by atoms with Gasteiger partial charge in [0.15, 0.2) is 5.65 Å². The first-order valence-corrected chi connectivity index (χ1v) is 6.68. The molecule has 106 valence electrons. The zero-order valence-corrected chi connectivity index (χ0v) is 11.8. The molecule has 6 nitrogen and oxygen atoms in total. The predicted octanol–water partition coefficient (Wildman–Crippen LogP) is 0.920. The van der Waals surface area contributed by atoms with Crippen molar-refractivity contribution >= 4 is 16.9 Å². The summed E-state index contributed by atoms with van der Waals surface area (Å²) in [7, 11) is 1.83. The molecule has 2 aromatic rings. The minimum Gasteiger partial charge on any atom is -0.390 e. The molecule has 0 radical (unpaired) electrons. The largest absolute Gasteiger partial charge is 0.390 e. The van der Waals surface area contributed by atoms with Gasteiger partial charge in [0, 0.05) is 24.7 Å². The molecule has 0 aromatic carbocycles. The number of rotatable bonds is 2. The van der Waals surface area contributed by atoms with E-state index < -0.39 is 5.60 Å². The first-order valence-electron chi connectivity index (χ1n) is 6.68. The molecule has 1 aliphatic rings. The molecule has 0 saturated heterocycles. The summed E-state index contributed by atoms with van der Waals surface area (Å²) >= 11 is 0. The first-order chi connectivity index (χ1) is 9.35. The second kappa shape index (κ2) is 4.28. The SMILES string of the molecule is Cc1nn(C)c2ncc(C(=O)NC3CC(C)(O)C3)cc12. The van der Waals surface area contributed by atoms with Gasteiger partial charge in [-0.25, -0.2) is 4.98 Å². The molecule has 1 amide bonds. The second-order valence-electron chi connectivity index (χ2n) is 5.88. The highest BCUT2D eigenvalue weighted by molar-refractivity contribution is 5.97. The molecular formula is C14H18N4O2. The van der Waals surface area contributed by atoms with E-state index in [-0.39, 0.29) is 11.9 Å². The van der Waals surface area contributed by atoms with Gasteiger partial charge in [-0.3, -0.25) is 9.48 Å². The average Bonchev–Trinajstić information content (AvgIpc) is 2.62. The molecule has 2 N–H and O–H groups in total. The third-order valence-corrected chi connectivity index (χ3v) is 3.83. The van der Waals surface area contributed by atoms with Crippen LogP contribution in [0, 0.1) is 6.92 Å². The molecule has 0 spiro atoms. The Morgan fingerprint density at radius 1 is 1.55 bits per heavy atom. The van der Waals surface area contributed by atoms with E-state index in [0.29, 0.717) is 18.4 Å². The third-order valence-electron chi connectivity index (χ3n) is 3.83. The number of nitrogens with zero attached hydrogens (tertiary/aromatic N) is 3. The number of hydrogen-bond acceptors (Lipinski definition) is 4. The van der Waals surface area contributed by atoms with Gasteiger partial charge in [0.05, 0.1) is 16.9 Å². The third kappa shape index (κ3) is 2.16. The maximum Gasteiger partial charge on any atom is 0.253 e. The lowest BCUT2D eigenvalue weighted by molar-refractivity contribution is -0.0366. The van der Waals surface area contributed by atoms with Gasteiger partial charge in [-0.05, 0) is 32.8 Å². The monoisotopic (exact) mass is 274 g/mol. The molecule has 0 unspecified atom stereocenters. The van der Waals surface area contributed by atoms with Crippen LogP contribution in [0.2, 0.25) is 0 Å². The number of hydrogen-bond donors (Lipinski definition) is 2. The van der Waals surface area contributed by atoms with E-state index in [0.717, 1.165) is 16.7 Å². The summed E-state index contributed by atoms with van der Waals surface area (Å²) in [5.41, 5.74) is 1.52. The number of aliphatic hydroxyl groups is 1. The van der Waals surface area contributed by atoms with E-state index in [2.05, 4.69) is 15.4 Å². The first kappa shape index (κ1) is 13.1. The Labute approximate surface area is 116 Å². The van der Waals surface area contributed by atoms with E-state index in [1.807, 2.05) is 20.0 Å². The summed E-state index contributed by atoms with van der Waals surface area (Å²) in [6.07, 6.45) is 2.76. The van der Waals surface area contributed by atoms with Crippen LogP contribution < -0.4 is 5.32 Å². The van der Waals surface area contributed by atoms with Gasteiger partial charge >= 0.3 is 0 Å². The smallest absolute Gasteiger partial charge is 0.253 e. The van der Waals surface area contributed by atoms with Crippen LogP contribution in [-0.4, -0.2) is 37.4 Å². The number of aromatic nitrogens is 3. The predicted molar refractivity (Wildman–Crippen MR) is 74.4 cm³/mol. The highest BCUT2D eigenvalue weighted by Crippen LogP contribution is 2.31. The Bertz CT molecular complexity index is 682. The topological polar surface area (TPSA) is 80.0 Å². The van der Waals surface area contributed by atoms with Gasteiger partial charge in [0.2, 0.25) is 0 Å². The van der Waals surface area contributed by atoms with Crippen LogP contribution >= 0.6 is 0 Å². The Morgan fingerprint density at radius 3 is 2.90 bits per heavy atom. The molecule has 1 fully saturated rings. The molecule has 20 heavy (non-hydrogen) atoms. The number of nitrogens with one attached hydrogen (secondary N) is 1. The van der Waals surface area contributed by atoms with E-state index in [4.69, 9.17) is 0 Å². The Balaban J connectivity index is 1.80. The van der Waals surface area contributed by atoms with Crippen LogP contribution in [0.5, 0.6) is 0 Å². The summed E-state index contributed by atoms with van der Waals surface area (Å²) in [5.74, 6) is -0.150. The van der Waals surface area contributed by atoms with Crippen molar-refractivity contribution in [1.29, 1.82) is 0 Å². The molecule has 6 heteroatoms. The minimum absolute atomic E-state index is 0.0446. The fourth-order valence-corrected chi connectivity index (χ4v) is 2.80. The zero-order chi connectivity index (χ0) is 14.5. The van der Waals surface area contributed by atoms with Gasteiger partial charge in [-0.1, -0.05) is 0 Å². The Hall–Kier alpha value is -1.95. The quantitative estimate of drug-likeness (QED) is 0.853. The van der Waals surface area contributed by atoms with Crippen molar-refractivity contribution in [1.82, 2.24) is 20.1 Å². The van der Waals surface area contributed by atoms with E-state index in [9.17, 15) is 9.90 Å². The van der Waals surface area contributed by atoms with Crippen molar-refractivity contribution in [3.63, 3.8) is 0 Å². The van der Waals surface area contributed by atoms with Crippen LogP contribution in [0.25, 0.3) is 11.0 Å². The van der Waals surface area contributed by atoms with Gasteiger partial charge in [0.1, 0.15) is 0 Å². The van der Waals surface area contributed by atoms with Gasteiger partial charge in [0.25, 0.3) is 5.91 Å². The van der Waals surface area contributed by atoms with Crippen LogP contribution in [0.3, 0.4) is 0 Å². The van der Waals surface area contributed by atoms with Crippen molar-refractivity contribution in [2.45, 2.75) is 38.3 Å². The molecule has 0 atom stereocenters. The lowest BCUT2D eigenvalue weighted by atomic mass is 9.77. The number of amides is 1. The summed E-state index contributed by atoms with van der Waals surface area (Å²) in [4.78, 5) is 16.5. The lowest BCUT2D eigenvalue weighted by Gasteiger charge is -2.41. The van der Waals surface area contributed by atoms with Crippen LogP contribution in [0.4, 0.5) is 0 Å². The Morgan fingerprint density at radius 2 is 2.25 bits per heavy atom. The summed E-state index contributed by atoms with van der Waals surface area (Å²) in [6.45, 7) is 3.68. The molecular weight excluding hydrogens is 256 g/mol. The van der Waals surface area contributed by atoms with E-state index in [1.54, 1.807) is 17.8 Å². The molecule has 2 heterocycles. The summed E-state index contributed by atoms with van der Waals surface area (Å²) in [6, 6.07) is 1.86. The Kier molecular flexibility index (Phi) is 2.79. The van der Waals surface area contributed by atoms with E-state index >= 15 is 0 Å². The van der Waals surface area contributed by atoms with Gasteiger partial charge in [-0.2, -0.15) is 5.10 Å². The van der Waals surface area contributed by atoms with Crippen molar-refractivity contribution < 1.29 is 9.90 Å². The minimum atomic E-state index is -0.639. The maximum atomic E-state index is 12.2.